The van der Waals surface area contributed by atoms with Crippen LogP contribution >= 0.6 is 11.6 Å². The van der Waals surface area contributed by atoms with Crippen LogP contribution in [0.5, 0.6) is 5.75 Å². The van der Waals surface area contributed by atoms with E-state index in [1.165, 1.54) is 0 Å². The molecule has 0 spiro atoms. The summed E-state index contributed by atoms with van der Waals surface area (Å²) in [5, 5.41) is 11.4. The molecule has 2 aromatic heterocycles. The maximum Gasteiger partial charge on any atom is 0.290 e. The zero-order valence-electron chi connectivity index (χ0n) is 14.3. The van der Waals surface area contributed by atoms with E-state index >= 15 is 0 Å². The Morgan fingerprint density at radius 2 is 1.89 bits per heavy atom. The lowest BCUT2D eigenvalue weighted by Gasteiger charge is -2.21. The van der Waals surface area contributed by atoms with Gasteiger partial charge < -0.3 is 18.8 Å². The third kappa shape index (κ3) is 3.68. The maximum atomic E-state index is 13.1. The van der Waals surface area contributed by atoms with Crippen LogP contribution in [-0.4, -0.2) is 15.9 Å². The molecule has 27 heavy (non-hydrogen) atoms. The minimum Gasteiger partial charge on any atom is -0.508 e. The van der Waals surface area contributed by atoms with E-state index in [9.17, 15) is 9.90 Å². The van der Waals surface area contributed by atoms with Crippen LogP contribution in [0.1, 0.15) is 21.9 Å². The van der Waals surface area contributed by atoms with Crippen LogP contribution in [0.4, 0.5) is 0 Å². The summed E-state index contributed by atoms with van der Waals surface area (Å²) in [6.45, 7) is 0.460. The summed E-state index contributed by atoms with van der Waals surface area (Å²) in [7, 11) is 0. The molecule has 0 radical (unpaired) electrons. The largest absolute Gasteiger partial charge is 0.508 e. The smallest absolute Gasteiger partial charge is 0.290 e. The van der Waals surface area contributed by atoms with E-state index < -0.39 is 0 Å². The molecule has 0 aliphatic heterocycles. The van der Waals surface area contributed by atoms with Crippen LogP contribution in [0.3, 0.4) is 0 Å². The molecule has 0 saturated heterocycles. The molecule has 5 nitrogen and oxygen atoms in total. The number of hydrogen-bond donors (Lipinski definition) is 1. The quantitative estimate of drug-likeness (QED) is 0.514. The normalized spacial score (nSPS) is 11.0. The number of aromatic hydroxyl groups is 1. The molecule has 4 aromatic rings. The van der Waals surface area contributed by atoms with Gasteiger partial charge in [-0.05, 0) is 42.5 Å². The first kappa shape index (κ1) is 17.2. The number of carbonyl (C=O) groups is 1. The van der Waals surface area contributed by atoms with Crippen molar-refractivity contribution < 1.29 is 18.7 Å². The van der Waals surface area contributed by atoms with Crippen molar-refractivity contribution in [2.45, 2.75) is 13.1 Å². The van der Waals surface area contributed by atoms with Crippen molar-refractivity contribution >= 4 is 28.5 Å². The van der Waals surface area contributed by atoms with E-state index in [4.69, 9.17) is 20.4 Å². The van der Waals surface area contributed by atoms with Crippen molar-refractivity contribution in [2.75, 3.05) is 0 Å². The van der Waals surface area contributed by atoms with Gasteiger partial charge in [-0.2, -0.15) is 0 Å². The molecule has 0 aliphatic rings. The Labute approximate surface area is 160 Å². The second-order valence-electron chi connectivity index (χ2n) is 6.16. The lowest BCUT2D eigenvalue weighted by Crippen LogP contribution is -2.29. The van der Waals surface area contributed by atoms with Crippen LogP contribution in [-0.2, 0) is 13.1 Å². The van der Waals surface area contributed by atoms with Crippen molar-refractivity contribution in [3.63, 3.8) is 0 Å². The van der Waals surface area contributed by atoms with Gasteiger partial charge >= 0.3 is 0 Å². The third-order valence-electron chi connectivity index (χ3n) is 4.26. The molecule has 136 valence electrons. The minimum absolute atomic E-state index is 0.131. The summed E-state index contributed by atoms with van der Waals surface area (Å²) in [5.74, 6) is 0.667. The van der Waals surface area contributed by atoms with Crippen LogP contribution in [0.25, 0.3) is 11.0 Å². The van der Waals surface area contributed by atoms with E-state index in [1.54, 1.807) is 65.8 Å². The van der Waals surface area contributed by atoms with Crippen LogP contribution < -0.4 is 0 Å². The number of hydrogen-bond acceptors (Lipinski definition) is 4. The van der Waals surface area contributed by atoms with Gasteiger partial charge in [-0.15, -0.1) is 0 Å². The third-order valence-corrected chi connectivity index (χ3v) is 4.49. The van der Waals surface area contributed by atoms with Crippen molar-refractivity contribution in [2.24, 2.45) is 0 Å². The fourth-order valence-electron chi connectivity index (χ4n) is 2.92. The fraction of sp³-hybridized carbons (Fsp3) is 0.0952. The lowest BCUT2D eigenvalue weighted by atomic mass is 10.1. The van der Waals surface area contributed by atoms with Gasteiger partial charge in [0.15, 0.2) is 5.76 Å². The van der Waals surface area contributed by atoms with E-state index in [-0.39, 0.29) is 30.5 Å². The minimum atomic E-state index is -0.304. The molecule has 6 heteroatoms. The van der Waals surface area contributed by atoms with Crippen molar-refractivity contribution in [3.05, 3.63) is 89.0 Å². The van der Waals surface area contributed by atoms with Gasteiger partial charge in [0.2, 0.25) is 0 Å². The molecule has 0 atom stereocenters. The first-order valence-corrected chi connectivity index (χ1v) is 8.75. The fourth-order valence-corrected chi connectivity index (χ4v) is 3.10. The number of furan rings is 2. The summed E-state index contributed by atoms with van der Waals surface area (Å²) >= 11 is 6.01. The highest BCUT2D eigenvalue weighted by atomic mass is 35.5. The van der Waals surface area contributed by atoms with Gasteiger partial charge in [0, 0.05) is 16.0 Å². The van der Waals surface area contributed by atoms with Gasteiger partial charge in [0.1, 0.15) is 17.1 Å². The number of amides is 1. The second-order valence-corrected chi connectivity index (χ2v) is 6.60. The Hall–Kier alpha value is -3.18. The summed E-state index contributed by atoms with van der Waals surface area (Å²) in [5.41, 5.74) is 1.22. The Bertz CT molecular complexity index is 1080. The number of phenolic OH excluding ortho intramolecular Hbond substituents is 1. The number of rotatable bonds is 5. The number of benzene rings is 2. The molecule has 2 heterocycles. The summed E-state index contributed by atoms with van der Waals surface area (Å²) in [4.78, 5) is 14.7. The number of carbonyl (C=O) groups excluding carboxylic acids is 1. The maximum absolute atomic E-state index is 13.1. The summed E-state index contributed by atoms with van der Waals surface area (Å²) < 4.78 is 11.1. The molecular weight excluding hydrogens is 366 g/mol. The zero-order valence-corrected chi connectivity index (χ0v) is 15.0. The first-order chi connectivity index (χ1) is 13.1. The van der Waals surface area contributed by atoms with Gasteiger partial charge in [-0.3, -0.25) is 4.79 Å². The molecular formula is C21H16ClNO4. The van der Waals surface area contributed by atoms with Gasteiger partial charge in [-0.1, -0.05) is 29.8 Å². The topological polar surface area (TPSA) is 66.8 Å². The van der Waals surface area contributed by atoms with Gasteiger partial charge in [0.05, 0.1) is 19.4 Å². The van der Waals surface area contributed by atoms with E-state index in [2.05, 4.69) is 0 Å². The van der Waals surface area contributed by atoms with Gasteiger partial charge in [-0.25, -0.2) is 0 Å². The highest BCUT2D eigenvalue weighted by Gasteiger charge is 2.22. The molecule has 0 unspecified atom stereocenters. The predicted molar refractivity (Wildman–Crippen MR) is 102 cm³/mol. The number of nitrogens with zero attached hydrogens (tertiary/aromatic N) is 1. The SMILES string of the molecule is O=C(c1cc2cc(Cl)ccc2o1)N(Cc1ccco1)Cc1ccccc1O. The average Bonchev–Trinajstić information content (AvgIpc) is 3.31. The summed E-state index contributed by atoms with van der Waals surface area (Å²) in [6.07, 6.45) is 1.56. The molecule has 0 saturated carbocycles. The monoisotopic (exact) mass is 381 g/mol. The number of fused-ring (bicyclic) bond motifs is 1. The molecule has 0 bridgehead atoms. The second kappa shape index (κ2) is 7.21. The average molecular weight is 382 g/mol. The van der Waals surface area contributed by atoms with Crippen LogP contribution in [0, 0.1) is 0 Å². The number of para-hydroxylation sites is 1. The Balaban J connectivity index is 1.67. The lowest BCUT2D eigenvalue weighted by molar-refractivity contribution is 0.0686. The first-order valence-electron chi connectivity index (χ1n) is 8.38. The van der Waals surface area contributed by atoms with E-state index in [0.29, 0.717) is 21.9 Å². The van der Waals surface area contributed by atoms with E-state index in [0.717, 1.165) is 5.39 Å². The predicted octanol–water partition coefficient (Wildman–Crippen LogP) is 5.23. The standard InChI is InChI=1S/C21H16ClNO4/c22-16-7-8-19-15(10-16)11-20(27-19)21(25)23(13-17-5-3-9-26-17)12-14-4-1-2-6-18(14)24/h1-11,24H,12-13H2. The Morgan fingerprint density at radius 3 is 2.67 bits per heavy atom. The Morgan fingerprint density at radius 1 is 1.04 bits per heavy atom. The summed E-state index contributed by atoms with van der Waals surface area (Å²) in [6, 6.07) is 17.3. The molecule has 0 fully saturated rings. The number of halogens is 1. The van der Waals surface area contributed by atoms with E-state index in [1.807, 2.05) is 6.07 Å². The molecule has 2 aromatic carbocycles. The molecule has 4 rings (SSSR count). The highest BCUT2D eigenvalue weighted by Crippen LogP contribution is 2.26. The number of phenols is 1. The zero-order chi connectivity index (χ0) is 18.8. The van der Waals surface area contributed by atoms with Crippen LogP contribution in [0.2, 0.25) is 5.02 Å². The van der Waals surface area contributed by atoms with Crippen molar-refractivity contribution in [3.8, 4) is 5.75 Å². The van der Waals surface area contributed by atoms with Gasteiger partial charge in [0.25, 0.3) is 5.91 Å². The Kier molecular flexibility index (Phi) is 4.60. The highest BCUT2D eigenvalue weighted by molar-refractivity contribution is 6.31. The molecule has 1 N–H and O–H groups in total. The van der Waals surface area contributed by atoms with Crippen LogP contribution in [0.15, 0.2) is 75.8 Å². The molecule has 1 amide bonds. The molecule has 0 aliphatic carbocycles. The van der Waals surface area contributed by atoms with Crippen molar-refractivity contribution in [1.82, 2.24) is 4.90 Å². The van der Waals surface area contributed by atoms with Crippen molar-refractivity contribution in [1.29, 1.82) is 0 Å².